The van der Waals surface area contributed by atoms with Crippen molar-refractivity contribution in [1.82, 2.24) is 15.0 Å². The van der Waals surface area contributed by atoms with Crippen LogP contribution < -0.4 is 0 Å². The van der Waals surface area contributed by atoms with E-state index >= 15 is 0 Å². The van der Waals surface area contributed by atoms with Crippen LogP contribution in [0.15, 0.2) is 43.1 Å². The van der Waals surface area contributed by atoms with Gasteiger partial charge in [-0.2, -0.15) is 5.26 Å². The van der Waals surface area contributed by atoms with Gasteiger partial charge in [0.05, 0.1) is 11.6 Å². The lowest BCUT2D eigenvalue weighted by Gasteiger charge is -1.99. The van der Waals surface area contributed by atoms with E-state index in [1.165, 1.54) is 11.9 Å². The first-order valence-electron chi connectivity index (χ1n) is 6.23. The number of hydrogen-bond acceptors (Lipinski definition) is 3. The molecule has 0 atom stereocenters. The van der Waals surface area contributed by atoms with Crippen LogP contribution in [0.25, 0.3) is 22.6 Å². The van der Waals surface area contributed by atoms with Crippen molar-refractivity contribution in [3.05, 3.63) is 59.8 Å². The van der Waals surface area contributed by atoms with Crippen LogP contribution >= 0.6 is 0 Å². The highest BCUT2D eigenvalue weighted by atomic mass is 14.8. The Bertz CT molecular complexity index is 823. The Morgan fingerprint density at radius 1 is 1.30 bits per heavy atom. The van der Waals surface area contributed by atoms with Gasteiger partial charge < -0.3 is 4.98 Å². The van der Waals surface area contributed by atoms with Crippen LogP contribution in [0, 0.1) is 18.3 Å². The van der Waals surface area contributed by atoms with Crippen molar-refractivity contribution in [2.24, 2.45) is 0 Å². The van der Waals surface area contributed by atoms with Crippen LogP contribution in [0.1, 0.15) is 16.7 Å². The first kappa shape index (κ1) is 12.1. The summed E-state index contributed by atoms with van der Waals surface area (Å²) < 4.78 is 0. The van der Waals surface area contributed by atoms with Gasteiger partial charge in [-0.1, -0.05) is 11.6 Å². The third-order valence-corrected chi connectivity index (χ3v) is 3.14. The van der Waals surface area contributed by atoms with E-state index in [9.17, 15) is 5.26 Å². The summed E-state index contributed by atoms with van der Waals surface area (Å²) in [6, 6.07) is 8.39. The lowest BCUT2D eigenvalue weighted by molar-refractivity contribution is 1.16. The maximum atomic E-state index is 9.41. The molecule has 4 nitrogen and oxygen atoms in total. The molecule has 0 spiro atoms. The summed E-state index contributed by atoms with van der Waals surface area (Å²) in [6.07, 6.45) is 8.50. The van der Waals surface area contributed by atoms with Crippen molar-refractivity contribution in [2.45, 2.75) is 6.92 Å². The molecule has 0 aliphatic heterocycles. The van der Waals surface area contributed by atoms with Crippen molar-refractivity contribution >= 4 is 22.6 Å². The van der Waals surface area contributed by atoms with Gasteiger partial charge in [0.1, 0.15) is 6.33 Å². The van der Waals surface area contributed by atoms with E-state index < -0.39 is 0 Å². The van der Waals surface area contributed by atoms with Crippen molar-refractivity contribution in [2.75, 3.05) is 0 Å². The molecule has 0 amide bonds. The minimum atomic E-state index is 0.594. The van der Waals surface area contributed by atoms with E-state index in [1.807, 2.05) is 25.3 Å². The predicted octanol–water partition coefficient (Wildman–Crippen LogP) is 3.33. The minimum Gasteiger partial charge on any atom is -0.361 e. The second kappa shape index (κ2) is 4.98. The van der Waals surface area contributed by atoms with Gasteiger partial charge in [0.25, 0.3) is 0 Å². The van der Waals surface area contributed by atoms with Gasteiger partial charge in [-0.05, 0) is 25.1 Å². The number of benzene rings is 1. The zero-order valence-electron chi connectivity index (χ0n) is 11.0. The van der Waals surface area contributed by atoms with Crippen molar-refractivity contribution < 1.29 is 0 Å². The number of hydrogen-bond donors (Lipinski definition) is 1. The number of nitrogens with one attached hydrogen (secondary N) is 1. The van der Waals surface area contributed by atoms with Crippen LogP contribution in [0.5, 0.6) is 0 Å². The summed E-state index contributed by atoms with van der Waals surface area (Å²) in [5.41, 5.74) is 4.49. The van der Waals surface area contributed by atoms with Crippen LogP contribution in [-0.2, 0) is 0 Å². The SMILES string of the molecule is Cc1ccc2[nH]cc(C(C#N)=Cc3cncnc3)c2c1. The lowest BCUT2D eigenvalue weighted by atomic mass is 10.0. The minimum absolute atomic E-state index is 0.594. The summed E-state index contributed by atoms with van der Waals surface area (Å²) in [6.45, 7) is 2.04. The lowest BCUT2D eigenvalue weighted by Crippen LogP contribution is -1.83. The molecular weight excluding hydrogens is 248 g/mol. The molecule has 1 N–H and O–H groups in total. The summed E-state index contributed by atoms with van der Waals surface area (Å²) in [5.74, 6) is 0. The van der Waals surface area contributed by atoms with E-state index in [1.54, 1.807) is 18.5 Å². The fourth-order valence-corrected chi connectivity index (χ4v) is 2.18. The van der Waals surface area contributed by atoms with E-state index in [0.717, 1.165) is 22.0 Å². The Kier molecular flexibility index (Phi) is 3.02. The van der Waals surface area contributed by atoms with Crippen LogP contribution in [0.3, 0.4) is 0 Å². The molecule has 3 rings (SSSR count). The van der Waals surface area contributed by atoms with Crippen LogP contribution in [0.2, 0.25) is 0 Å². The number of rotatable bonds is 2. The zero-order valence-corrected chi connectivity index (χ0v) is 11.0. The highest BCUT2D eigenvalue weighted by Gasteiger charge is 2.08. The fraction of sp³-hybridized carbons (Fsp3) is 0.0625. The maximum Gasteiger partial charge on any atom is 0.115 e. The zero-order chi connectivity index (χ0) is 13.9. The quantitative estimate of drug-likeness (QED) is 0.719. The molecule has 0 radical (unpaired) electrons. The number of aromatic amines is 1. The first-order valence-corrected chi connectivity index (χ1v) is 6.23. The van der Waals surface area contributed by atoms with Crippen molar-refractivity contribution in [1.29, 1.82) is 5.26 Å². The number of fused-ring (bicyclic) bond motifs is 1. The van der Waals surface area contributed by atoms with E-state index in [2.05, 4.69) is 27.1 Å². The molecule has 4 heteroatoms. The highest BCUT2D eigenvalue weighted by Crippen LogP contribution is 2.26. The first-order chi connectivity index (χ1) is 9.78. The average molecular weight is 260 g/mol. The van der Waals surface area contributed by atoms with E-state index in [0.29, 0.717) is 5.57 Å². The monoisotopic (exact) mass is 260 g/mol. The molecule has 0 aliphatic carbocycles. The summed E-state index contributed by atoms with van der Waals surface area (Å²) in [7, 11) is 0. The molecule has 0 aliphatic rings. The largest absolute Gasteiger partial charge is 0.361 e. The molecule has 0 unspecified atom stereocenters. The smallest absolute Gasteiger partial charge is 0.115 e. The molecule has 0 saturated heterocycles. The third-order valence-electron chi connectivity index (χ3n) is 3.14. The Hall–Kier alpha value is -2.93. The number of nitrogens with zero attached hydrogens (tertiary/aromatic N) is 3. The van der Waals surface area contributed by atoms with Crippen molar-refractivity contribution in [3.63, 3.8) is 0 Å². The number of nitriles is 1. The normalized spacial score (nSPS) is 11.5. The molecule has 20 heavy (non-hydrogen) atoms. The number of H-pyrrole nitrogens is 1. The highest BCUT2D eigenvalue weighted by molar-refractivity contribution is 6.01. The van der Waals surface area contributed by atoms with E-state index in [4.69, 9.17) is 0 Å². The molecule has 0 bridgehead atoms. The molecule has 1 aromatic carbocycles. The number of aromatic nitrogens is 3. The van der Waals surface area contributed by atoms with Gasteiger partial charge in [-0.15, -0.1) is 0 Å². The Morgan fingerprint density at radius 2 is 2.10 bits per heavy atom. The third kappa shape index (κ3) is 2.17. The fourth-order valence-electron chi connectivity index (χ4n) is 2.18. The Labute approximate surface area is 116 Å². The molecule has 96 valence electrons. The molecule has 0 saturated carbocycles. The standard InChI is InChI=1S/C16H12N4/c1-11-2-3-16-14(4-11)15(9-20-16)13(6-17)5-12-7-18-10-19-8-12/h2-5,7-10,20H,1H3. The van der Waals surface area contributed by atoms with Gasteiger partial charge in [-0.3, -0.25) is 0 Å². The Balaban J connectivity index is 2.16. The van der Waals surface area contributed by atoms with Crippen molar-refractivity contribution in [3.8, 4) is 6.07 Å². The average Bonchev–Trinajstić information content (AvgIpc) is 2.89. The maximum absolute atomic E-state index is 9.41. The van der Waals surface area contributed by atoms with Gasteiger partial charge in [-0.25, -0.2) is 9.97 Å². The summed E-state index contributed by atoms with van der Waals surface area (Å²) in [5, 5.41) is 10.5. The number of aryl methyl sites for hydroxylation is 1. The Morgan fingerprint density at radius 3 is 2.85 bits per heavy atom. The van der Waals surface area contributed by atoms with Gasteiger partial charge in [0.2, 0.25) is 0 Å². The van der Waals surface area contributed by atoms with Gasteiger partial charge >= 0.3 is 0 Å². The summed E-state index contributed by atoms with van der Waals surface area (Å²) >= 11 is 0. The van der Waals surface area contributed by atoms with Crippen LogP contribution in [-0.4, -0.2) is 15.0 Å². The predicted molar refractivity (Wildman–Crippen MR) is 78.6 cm³/mol. The van der Waals surface area contributed by atoms with Gasteiger partial charge in [0, 0.05) is 40.6 Å². The molecule has 2 heterocycles. The molecule has 3 aromatic rings. The summed E-state index contributed by atoms with van der Waals surface area (Å²) in [4.78, 5) is 11.1. The van der Waals surface area contributed by atoms with E-state index in [-0.39, 0.29) is 0 Å². The molecular formula is C16H12N4. The van der Waals surface area contributed by atoms with Crippen LogP contribution in [0.4, 0.5) is 0 Å². The topological polar surface area (TPSA) is 65.4 Å². The second-order valence-electron chi connectivity index (χ2n) is 4.59. The molecule has 2 aromatic heterocycles. The van der Waals surface area contributed by atoms with Gasteiger partial charge in [0.15, 0.2) is 0 Å². The second-order valence-corrected chi connectivity index (χ2v) is 4.59. The number of allylic oxidation sites excluding steroid dienone is 1. The molecule has 0 fully saturated rings.